The van der Waals surface area contributed by atoms with E-state index in [1.165, 1.54) is 5.56 Å². The number of carbonyl (C=O) groups excluding carboxylic acids is 2. The maximum atomic E-state index is 12.3. The van der Waals surface area contributed by atoms with Crippen molar-refractivity contribution in [2.45, 2.75) is 19.3 Å². The van der Waals surface area contributed by atoms with Crippen molar-refractivity contribution < 1.29 is 14.3 Å². The summed E-state index contributed by atoms with van der Waals surface area (Å²) in [5, 5.41) is 2.56. The van der Waals surface area contributed by atoms with Crippen LogP contribution in [0.3, 0.4) is 0 Å². The molecule has 7 heteroatoms. The fourth-order valence-corrected chi connectivity index (χ4v) is 3.08. The summed E-state index contributed by atoms with van der Waals surface area (Å²) in [6, 6.07) is 26.6. The van der Waals surface area contributed by atoms with Crippen LogP contribution in [0.5, 0.6) is 5.75 Å². The third-order valence-electron chi connectivity index (χ3n) is 4.64. The second-order valence-corrected chi connectivity index (χ2v) is 7.46. The summed E-state index contributed by atoms with van der Waals surface area (Å²) in [5.41, 5.74) is 7.75. The third kappa shape index (κ3) is 7.85. The molecule has 2 amide bonds. The van der Waals surface area contributed by atoms with E-state index in [2.05, 4.69) is 28.3 Å². The highest BCUT2D eigenvalue weighted by Crippen LogP contribution is 2.13. The van der Waals surface area contributed by atoms with Crippen molar-refractivity contribution in [1.29, 1.82) is 0 Å². The average Bonchev–Trinajstić information content (AvgIpc) is 2.83. The van der Waals surface area contributed by atoms with E-state index in [0.717, 1.165) is 12.0 Å². The zero-order valence-corrected chi connectivity index (χ0v) is 18.4. The summed E-state index contributed by atoms with van der Waals surface area (Å²) < 4.78 is 5.73. The lowest BCUT2D eigenvalue weighted by Crippen LogP contribution is -2.48. The Bertz CT molecular complexity index is 1030. The lowest BCUT2D eigenvalue weighted by atomic mass is 10.1. The fraction of sp³-hybridized carbons (Fsp3) is 0.160. The zero-order chi connectivity index (χ0) is 22.6. The number of hydrazine groups is 1. The Morgan fingerprint density at radius 3 is 1.97 bits per heavy atom. The van der Waals surface area contributed by atoms with Crippen molar-refractivity contribution >= 4 is 29.1 Å². The van der Waals surface area contributed by atoms with Gasteiger partial charge in [0.15, 0.2) is 5.11 Å². The largest absolute Gasteiger partial charge is 0.493 e. The molecule has 3 N–H and O–H groups in total. The molecular weight excluding hydrogens is 422 g/mol. The van der Waals surface area contributed by atoms with Crippen molar-refractivity contribution in [2.24, 2.45) is 0 Å². The van der Waals surface area contributed by atoms with Gasteiger partial charge in [0.1, 0.15) is 5.75 Å². The van der Waals surface area contributed by atoms with Gasteiger partial charge in [-0.3, -0.25) is 25.8 Å². The summed E-state index contributed by atoms with van der Waals surface area (Å²) >= 11 is 5.07. The Kier molecular flexibility index (Phi) is 8.77. The molecule has 0 atom stereocenters. The van der Waals surface area contributed by atoms with E-state index >= 15 is 0 Å². The van der Waals surface area contributed by atoms with Gasteiger partial charge in [0.2, 0.25) is 5.91 Å². The van der Waals surface area contributed by atoms with E-state index < -0.39 is 0 Å². The fourth-order valence-electron chi connectivity index (χ4n) is 2.93. The summed E-state index contributed by atoms with van der Waals surface area (Å²) in [6.07, 6.45) is 1.73. The normalized spacial score (nSPS) is 10.1. The topological polar surface area (TPSA) is 79.5 Å². The van der Waals surface area contributed by atoms with Crippen LogP contribution in [-0.4, -0.2) is 23.5 Å². The monoisotopic (exact) mass is 447 g/mol. The van der Waals surface area contributed by atoms with Gasteiger partial charge in [-0.1, -0.05) is 60.7 Å². The van der Waals surface area contributed by atoms with Crippen molar-refractivity contribution in [3.05, 3.63) is 102 Å². The van der Waals surface area contributed by atoms with Gasteiger partial charge < -0.3 is 4.74 Å². The molecule has 0 saturated heterocycles. The average molecular weight is 448 g/mol. The van der Waals surface area contributed by atoms with Crippen LogP contribution in [0.25, 0.3) is 0 Å². The molecule has 0 fully saturated rings. The molecule has 0 unspecified atom stereocenters. The first kappa shape index (κ1) is 23.0. The van der Waals surface area contributed by atoms with Crippen molar-refractivity contribution in [1.82, 2.24) is 16.2 Å². The van der Waals surface area contributed by atoms with Crippen LogP contribution < -0.4 is 20.9 Å². The van der Waals surface area contributed by atoms with Crippen molar-refractivity contribution in [2.75, 3.05) is 6.61 Å². The highest BCUT2D eigenvalue weighted by atomic mass is 32.1. The van der Waals surface area contributed by atoms with Crippen molar-refractivity contribution in [3.8, 4) is 5.75 Å². The Hall–Kier alpha value is -3.71. The number of ether oxygens (including phenoxy) is 1. The van der Waals surface area contributed by atoms with Gasteiger partial charge in [0.25, 0.3) is 5.91 Å². The molecule has 0 aromatic heterocycles. The molecule has 0 aliphatic rings. The van der Waals surface area contributed by atoms with Gasteiger partial charge >= 0.3 is 0 Å². The molecule has 0 radical (unpaired) electrons. The predicted octanol–water partition coefficient (Wildman–Crippen LogP) is 3.58. The first-order valence-corrected chi connectivity index (χ1v) is 10.7. The van der Waals surface area contributed by atoms with E-state index in [-0.39, 0.29) is 16.9 Å². The lowest BCUT2D eigenvalue weighted by Gasteiger charge is -2.11. The van der Waals surface area contributed by atoms with Gasteiger partial charge in [-0.25, -0.2) is 0 Å². The van der Waals surface area contributed by atoms with Crippen LogP contribution >= 0.6 is 12.2 Å². The summed E-state index contributed by atoms with van der Waals surface area (Å²) in [4.78, 5) is 24.3. The molecule has 3 aromatic carbocycles. The second kappa shape index (κ2) is 12.2. The van der Waals surface area contributed by atoms with E-state index in [9.17, 15) is 9.59 Å². The van der Waals surface area contributed by atoms with E-state index in [4.69, 9.17) is 17.0 Å². The van der Waals surface area contributed by atoms with E-state index in [1.807, 2.05) is 48.5 Å². The molecule has 3 rings (SSSR count). The Morgan fingerprint density at radius 2 is 1.34 bits per heavy atom. The van der Waals surface area contributed by atoms with Crippen LogP contribution in [0.15, 0.2) is 84.9 Å². The maximum Gasteiger partial charge on any atom is 0.257 e. The minimum absolute atomic E-state index is 0.0197. The molecule has 0 spiro atoms. The first-order chi connectivity index (χ1) is 15.6. The van der Waals surface area contributed by atoms with Crippen molar-refractivity contribution in [3.63, 3.8) is 0 Å². The number of aryl methyl sites for hydroxylation is 1. The van der Waals surface area contributed by atoms with Gasteiger partial charge in [-0.15, -0.1) is 0 Å². The molecule has 0 bridgehead atoms. The van der Waals surface area contributed by atoms with Gasteiger partial charge in [-0.05, 0) is 54.0 Å². The molecule has 0 heterocycles. The summed E-state index contributed by atoms with van der Waals surface area (Å²) in [5.74, 6) is 0.0863. The molecule has 164 valence electrons. The molecule has 3 aromatic rings. The lowest BCUT2D eigenvalue weighted by molar-refractivity contribution is -0.121. The Balaban J connectivity index is 1.36. The van der Waals surface area contributed by atoms with E-state index in [1.54, 1.807) is 24.3 Å². The van der Waals surface area contributed by atoms with Crippen LogP contribution in [0, 0.1) is 0 Å². The molecular formula is C25H25N3O3S. The van der Waals surface area contributed by atoms with Crippen LogP contribution in [-0.2, 0) is 17.6 Å². The second-order valence-electron chi connectivity index (χ2n) is 7.05. The van der Waals surface area contributed by atoms with E-state index in [0.29, 0.717) is 30.8 Å². The minimum atomic E-state index is -0.378. The molecule has 0 aliphatic heterocycles. The maximum absolute atomic E-state index is 12.3. The number of hydrogen-bond acceptors (Lipinski definition) is 4. The number of thiocarbonyl (C=S) groups is 1. The van der Waals surface area contributed by atoms with Crippen LogP contribution in [0.2, 0.25) is 0 Å². The highest BCUT2D eigenvalue weighted by Gasteiger charge is 2.09. The quantitative estimate of drug-likeness (QED) is 0.363. The SMILES string of the molecule is O=C(CCc1ccccc1)NNC(=S)NC(=O)c1ccc(OCCc2ccccc2)cc1. The first-order valence-electron chi connectivity index (χ1n) is 10.3. The Morgan fingerprint density at radius 1 is 0.750 bits per heavy atom. The molecule has 0 saturated carbocycles. The minimum Gasteiger partial charge on any atom is -0.493 e. The number of carbonyl (C=O) groups is 2. The highest BCUT2D eigenvalue weighted by molar-refractivity contribution is 7.80. The Labute approximate surface area is 193 Å². The van der Waals surface area contributed by atoms with Gasteiger partial charge in [0.05, 0.1) is 6.61 Å². The summed E-state index contributed by atoms with van der Waals surface area (Å²) in [6.45, 7) is 0.549. The smallest absolute Gasteiger partial charge is 0.257 e. The number of amides is 2. The third-order valence-corrected chi connectivity index (χ3v) is 4.85. The molecule has 0 aliphatic carbocycles. The van der Waals surface area contributed by atoms with Gasteiger partial charge in [0, 0.05) is 18.4 Å². The predicted molar refractivity (Wildman–Crippen MR) is 128 cm³/mol. The molecule has 32 heavy (non-hydrogen) atoms. The van der Waals surface area contributed by atoms with Crippen LogP contribution in [0.1, 0.15) is 27.9 Å². The number of nitrogens with one attached hydrogen (secondary N) is 3. The number of benzene rings is 3. The van der Waals surface area contributed by atoms with Crippen LogP contribution in [0.4, 0.5) is 0 Å². The van der Waals surface area contributed by atoms with Gasteiger partial charge in [-0.2, -0.15) is 0 Å². The summed E-state index contributed by atoms with van der Waals surface area (Å²) in [7, 11) is 0. The number of hydrogen-bond donors (Lipinski definition) is 3. The standard InChI is InChI=1S/C25H25N3O3S/c29-23(16-11-19-7-3-1-4-8-19)27-28-25(32)26-24(30)21-12-14-22(15-13-21)31-18-17-20-9-5-2-6-10-20/h1-10,12-15H,11,16-18H2,(H,27,29)(H2,26,28,30,32). The number of rotatable bonds is 8. The zero-order valence-electron chi connectivity index (χ0n) is 17.5. The molecule has 6 nitrogen and oxygen atoms in total.